The highest BCUT2D eigenvalue weighted by Crippen LogP contribution is 2.28. The van der Waals surface area contributed by atoms with Crippen molar-refractivity contribution < 1.29 is 13.2 Å². The summed E-state index contributed by atoms with van der Waals surface area (Å²) in [5, 5.41) is 11.8. The summed E-state index contributed by atoms with van der Waals surface area (Å²) in [5.74, 6) is 1.28. The first-order valence-electron chi connectivity index (χ1n) is 6.09. The molecule has 0 bridgehead atoms. The van der Waals surface area contributed by atoms with Gasteiger partial charge in [0.25, 0.3) is 0 Å². The molecule has 0 atom stereocenters. The second kappa shape index (κ2) is 7.80. The zero-order chi connectivity index (χ0) is 15.5. The molecule has 0 unspecified atom stereocenters. The van der Waals surface area contributed by atoms with E-state index >= 15 is 0 Å². The Morgan fingerprint density at radius 2 is 2.00 bits per heavy atom. The van der Waals surface area contributed by atoms with E-state index in [0.717, 1.165) is 11.9 Å². The number of hydrogen-bond acceptors (Lipinski definition) is 5. The smallest absolute Gasteiger partial charge is 0.313 e. The van der Waals surface area contributed by atoms with Gasteiger partial charge in [0.2, 0.25) is 0 Å². The van der Waals surface area contributed by atoms with Crippen molar-refractivity contribution in [1.29, 1.82) is 0 Å². The Kier molecular flexibility index (Phi) is 6.64. The lowest BCUT2D eigenvalue weighted by Gasteiger charge is -2.06. The van der Waals surface area contributed by atoms with Crippen LogP contribution in [0.1, 0.15) is 17.1 Å². The second-order valence-corrected chi connectivity index (χ2v) is 5.27. The minimum Gasteiger partial charge on any atom is -0.313 e. The van der Waals surface area contributed by atoms with Crippen molar-refractivity contribution in [2.24, 2.45) is 7.05 Å². The molecule has 0 aliphatic rings. The Morgan fingerprint density at radius 1 is 1.27 bits per heavy atom. The number of pyridine rings is 1. The Morgan fingerprint density at radius 3 is 2.55 bits per heavy atom. The van der Waals surface area contributed by atoms with E-state index in [-0.39, 0.29) is 12.4 Å². The molecule has 2 aromatic heterocycles. The fourth-order valence-electron chi connectivity index (χ4n) is 1.61. The van der Waals surface area contributed by atoms with E-state index in [1.165, 1.54) is 24.0 Å². The Balaban J connectivity index is 0.00000242. The third kappa shape index (κ3) is 4.59. The SMILES string of the molecule is CNCc1nnc(SCc2ccc(C(F)(F)F)nc2)n1C.Cl. The van der Waals surface area contributed by atoms with Gasteiger partial charge in [-0.25, -0.2) is 0 Å². The highest BCUT2D eigenvalue weighted by Gasteiger charge is 2.31. The maximum absolute atomic E-state index is 12.4. The van der Waals surface area contributed by atoms with Crippen molar-refractivity contribution in [3.63, 3.8) is 0 Å². The highest BCUT2D eigenvalue weighted by atomic mass is 35.5. The van der Waals surface area contributed by atoms with Gasteiger partial charge in [0.05, 0.1) is 6.54 Å². The van der Waals surface area contributed by atoms with Gasteiger partial charge in [-0.1, -0.05) is 17.8 Å². The Labute approximate surface area is 136 Å². The highest BCUT2D eigenvalue weighted by molar-refractivity contribution is 7.98. The fraction of sp³-hybridized carbons (Fsp3) is 0.417. The summed E-state index contributed by atoms with van der Waals surface area (Å²) in [6.07, 6.45) is -3.17. The van der Waals surface area contributed by atoms with Gasteiger partial charge in [-0.3, -0.25) is 4.98 Å². The summed E-state index contributed by atoms with van der Waals surface area (Å²) in [6, 6.07) is 2.41. The quantitative estimate of drug-likeness (QED) is 0.837. The van der Waals surface area contributed by atoms with Crippen molar-refractivity contribution in [2.75, 3.05) is 7.05 Å². The summed E-state index contributed by atoms with van der Waals surface area (Å²) >= 11 is 1.40. The predicted molar refractivity (Wildman–Crippen MR) is 79.8 cm³/mol. The van der Waals surface area contributed by atoms with Gasteiger partial charge in [-0.15, -0.1) is 22.6 Å². The zero-order valence-corrected chi connectivity index (χ0v) is 13.5. The molecule has 122 valence electrons. The molecule has 2 aromatic rings. The normalized spacial score (nSPS) is 11.3. The number of alkyl halides is 3. The Bertz CT molecular complexity index is 600. The lowest BCUT2D eigenvalue weighted by atomic mass is 10.3. The first-order valence-corrected chi connectivity index (χ1v) is 7.08. The van der Waals surface area contributed by atoms with Crippen LogP contribution in [0.25, 0.3) is 0 Å². The van der Waals surface area contributed by atoms with Crippen LogP contribution >= 0.6 is 24.2 Å². The molecule has 0 radical (unpaired) electrons. The van der Waals surface area contributed by atoms with Crippen LogP contribution in [-0.4, -0.2) is 26.8 Å². The summed E-state index contributed by atoms with van der Waals surface area (Å²) in [4.78, 5) is 3.43. The standard InChI is InChI=1S/C12H14F3N5S.ClH/c1-16-6-10-18-19-11(20(10)2)21-7-8-3-4-9(17-5-8)12(13,14)15;/h3-5,16H,6-7H2,1-2H3;1H. The van der Waals surface area contributed by atoms with Gasteiger partial charge in [0.1, 0.15) is 11.5 Å². The Hall–Kier alpha value is -1.32. The molecule has 2 rings (SSSR count). The average Bonchev–Trinajstić information content (AvgIpc) is 2.78. The largest absolute Gasteiger partial charge is 0.433 e. The van der Waals surface area contributed by atoms with E-state index in [4.69, 9.17) is 0 Å². The number of hydrogen-bond donors (Lipinski definition) is 1. The van der Waals surface area contributed by atoms with E-state index in [1.54, 1.807) is 0 Å². The second-order valence-electron chi connectivity index (χ2n) is 4.33. The molecule has 0 saturated heterocycles. The van der Waals surface area contributed by atoms with Gasteiger partial charge >= 0.3 is 6.18 Å². The summed E-state index contributed by atoms with van der Waals surface area (Å²) in [5.41, 5.74) is -0.183. The lowest BCUT2D eigenvalue weighted by molar-refractivity contribution is -0.141. The first kappa shape index (κ1) is 18.7. The minimum atomic E-state index is -4.41. The molecular weight excluding hydrogens is 339 g/mol. The molecular formula is C12H15ClF3N5S. The molecule has 0 spiro atoms. The van der Waals surface area contributed by atoms with Crippen molar-refractivity contribution in [3.05, 3.63) is 35.4 Å². The van der Waals surface area contributed by atoms with Crippen LogP contribution in [0.5, 0.6) is 0 Å². The van der Waals surface area contributed by atoms with Crippen LogP contribution in [0, 0.1) is 0 Å². The van der Waals surface area contributed by atoms with E-state index in [9.17, 15) is 13.2 Å². The summed E-state index contributed by atoms with van der Waals surface area (Å²) in [7, 11) is 3.66. The summed E-state index contributed by atoms with van der Waals surface area (Å²) in [6.45, 7) is 0.603. The molecule has 0 aromatic carbocycles. The van der Waals surface area contributed by atoms with Gasteiger partial charge in [-0.05, 0) is 18.7 Å². The number of nitrogens with one attached hydrogen (secondary N) is 1. The number of aromatic nitrogens is 4. The van der Waals surface area contributed by atoms with Crippen LogP contribution in [0.2, 0.25) is 0 Å². The minimum absolute atomic E-state index is 0. The molecule has 0 amide bonds. The lowest BCUT2D eigenvalue weighted by Crippen LogP contribution is -2.10. The predicted octanol–water partition coefficient (Wildman–Crippen LogP) is 2.66. The molecule has 0 aliphatic carbocycles. The van der Waals surface area contributed by atoms with Crippen LogP contribution in [-0.2, 0) is 25.5 Å². The first-order chi connectivity index (χ1) is 9.91. The third-order valence-corrected chi connectivity index (χ3v) is 3.83. The van der Waals surface area contributed by atoms with Crippen molar-refractivity contribution in [1.82, 2.24) is 25.1 Å². The maximum Gasteiger partial charge on any atom is 0.433 e. The van der Waals surface area contributed by atoms with Crippen LogP contribution in [0.4, 0.5) is 13.2 Å². The van der Waals surface area contributed by atoms with Crippen molar-refractivity contribution in [2.45, 2.75) is 23.6 Å². The van der Waals surface area contributed by atoms with E-state index < -0.39 is 11.9 Å². The molecule has 2 heterocycles. The molecule has 0 aliphatic heterocycles. The average molecular weight is 354 g/mol. The number of halogens is 4. The number of rotatable bonds is 5. The van der Waals surface area contributed by atoms with E-state index in [1.807, 2.05) is 18.7 Å². The molecule has 22 heavy (non-hydrogen) atoms. The van der Waals surface area contributed by atoms with Gasteiger partial charge in [0.15, 0.2) is 5.16 Å². The molecule has 1 N–H and O–H groups in total. The van der Waals surface area contributed by atoms with E-state index in [0.29, 0.717) is 23.0 Å². The van der Waals surface area contributed by atoms with Crippen LogP contribution < -0.4 is 5.32 Å². The zero-order valence-electron chi connectivity index (χ0n) is 11.9. The van der Waals surface area contributed by atoms with Gasteiger partial charge < -0.3 is 9.88 Å². The van der Waals surface area contributed by atoms with Crippen molar-refractivity contribution in [3.8, 4) is 0 Å². The molecule has 0 saturated carbocycles. The number of nitrogens with zero attached hydrogens (tertiary/aromatic N) is 4. The molecule has 10 heteroatoms. The van der Waals surface area contributed by atoms with Gasteiger partial charge in [0, 0.05) is 19.0 Å². The van der Waals surface area contributed by atoms with Crippen molar-refractivity contribution >= 4 is 24.2 Å². The topological polar surface area (TPSA) is 55.6 Å². The fourth-order valence-corrected chi connectivity index (χ4v) is 2.47. The summed E-state index contributed by atoms with van der Waals surface area (Å²) < 4.78 is 39.1. The molecule has 5 nitrogen and oxygen atoms in total. The number of thioether (sulfide) groups is 1. The van der Waals surface area contributed by atoms with Gasteiger partial charge in [-0.2, -0.15) is 13.2 Å². The van der Waals surface area contributed by atoms with Crippen LogP contribution in [0.15, 0.2) is 23.5 Å². The maximum atomic E-state index is 12.4. The molecule has 0 fully saturated rings. The monoisotopic (exact) mass is 353 g/mol. The third-order valence-electron chi connectivity index (χ3n) is 2.74. The van der Waals surface area contributed by atoms with Crippen LogP contribution in [0.3, 0.4) is 0 Å². The van der Waals surface area contributed by atoms with E-state index in [2.05, 4.69) is 20.5 Å².